The number of ether oxygens (including phenoxy) is 1. The number of nitrogens with one attached hydrogen (secondary N) is 1. The van der Waals surface area contributed by atoms with E-state index in [1.54, 1.807) is 30.3 Å². The molecule has 0 aliphatic rings. The van der Waals surface area contributed by atoms with Crippen molar-refractivity contribution >= 4 is 22.6 Å². The van der Waals surface area contributed by atoms with Crippen molar-refractivity contribution in [2.75, 3.05) is 7.11 Å². The summed E-state index contributed by atoms with van der Waals surface area (Å²) in [7, 11) is 0.0404. The third-order valence-corrected chi connectivity index (χ3v) is 4.01. The Labute approximate surface area is 124 Å². The molecule has 0 aliphatic heterocycles. The van der Waals surface area contributed by atoms with Gasteiger partial charge in [0.05, 0.1) is 12.0 Å². The van der Waals surface area contributed by atoms with Crippen LogP contribution in [-0.2, 0) is 17.5 Å². The van der Waals surface area contributed by atoms with Crippen molar-refractivity contribution < 1.29 is 13.3 Å². The van der Waals surface area contributed by atoms with E-state index in [2.05, 4.69) is 4.72 Å². The summed E-state index contributed by atoms with van der Waals surface area (Å²) in [5, 5.41) is 0.586. The molecule has 2 aromatic rings. The molecule has 0 aliphatic carbocycles. The van der Waals surface area contributed by atoms with E-state index < -0.39 is 16.8 Å². The zero-order valence-electron chi connectivity index (χ0n) is 10.7. The number of rotatable bonds is 5. The quantitative estimate of drug-likeness (QED) is 0.920. The van der Waals surface area contributed by atoms with E-state index in [9.17, 15) is 8.60 Å². The Hall–Kier alpha value is -1.43. The molecule has 106 valence electrons. The van der Waals surface area contributed by atoms with Gasteiger partial charge in [-0.3, -0.25) is 0 Å². The van der Waals surface area contributed by atoms with Crippen molar-refractivity contribution in [2.24, 2.45) is 0 Å². The Morgan fingerprint density at radius 1 is 1.25 bits per heavy atom. The largest absolute Gasteiger partial charge is 0.494 e. The van der Waals surface area contributed by atoms with Crippen LogP contribution < -0.4 is 9.46 Å². The van der Waals surface area contributed by atoms with Crippen molar-refractivity contribution in [3.8, 4) is 5.75 Å². The lowest BCUT2D eigenvalue weighted by molar-refractivity contribution is 0.386. The standard InChI is InChI=1S/C14H13ClFNO2S/c1-19-14-7-2-10(8-13(14)16)9-17-20(18)12-5-3-11(15)4-6-12/h2-8,17H,9H2,1H3. The van der Waals surface area contributed by atoms with Gasteiger partial charge < -0.3 is 4.74 Å². The molecule has 0 fully saturated rings. The van der Waals surface area contributed by atoms with Crippen LogP contribution in [0.15, 0.2) is 47.4 Å². The smallest absolute Gasteiger partial charge is 0.165 e. The number of benzene rings is 2. The van der Waals surface area contributed by atoms with Crippen molar-refractivity contribution in [2.45, 2.75) is 11.4 Å². The average Bonchev–Trinajstić information content (AvgIpc) is 2.45. The van der Waals surface area contributed by atoms with E-state index in [0.717, 1.165) is 0 Å². The molecule has 0 saturated heterocycles. The fourth-order valence-electron chi connectivity index (χ4n) is 1.61. The molecule has 1 atom stereocenters. The summed E-state index contributed by atoms with van der Waals surface area (Å²) in [6.45, 7) is 0.288. The predicted octanol–water partition coefficient (Wildman–Crippen LogP) is 3.30. The highest BCUT2D eigenvalue weighted by Crippen LogP contribution is 2.18. The number of halogens is 2. The third kappa shape index (κ3) is 3.79. The first-order valence-electron chi connectivity index (χ1n) is 5.83. The predicted molar refractivity (Wildman–Crippen MR) is 77.7 cm³/mol. The summed E-state index contributed by atoms with van der Waals surface area (Å²) >= 11 is 5.76. The number of methoxy groups -OCH3 is 1. The van der Waals surface area contributed by atoms with Crippen molar-refractivity contribution in [3.63, 3.8) is 0 Å². The van der Waals surface area contributed by atoms with Gasteiger partial charge in [-0.25, -0.2) is 13.3 Å². The van der Waals surface area contributed by atoms with E-state index in [4.69, 9.17) is 16.3 Å². The fourth-order valence-corrected chi connectivity index (χ4v) is 2.58. The van der Waals surface area contributed by atoms with Gasteiger partial charge in [0.25, 0.3) is 0 Å². The Morgan fingerprint density at radius 2 is 1.95 bits per heavy atom. The third-order valence-electron chi connectivity index (χ3n) is 2.65. The number of hydrogen-bond acceptors (Lipinski definition) is 2. The van der Waals surface area contributed by atoms with Gasteiger partial charge in [0.15, 0.2) is 11.6 Å². The maximum Gasteiger partial charge on any atom is 0.165 e. The van der Waals surface area contributed by atoms with Crippen LogP contribution in [0.2, 0.25) is 5.02 Å². The van der Waals surface area contributed by atoms with Crippen LogP contribution in [0, 0.1) is 5.82 Å². The Morgan fingerprint density at radius 3 is 2.55 bits per heavy atom. The Kier molecular flexibility index (Phi) is 5.11. The molecule has 1 unspecified atom stereocenters. The molecule has 0 radical (unpaired) electrons. The first-order chi connectivity index (χ1) is 9.60. The maximum absolute atomic E-state index is 13.5. The second kappa shape index (κ2) is 6.83. The van der Waals surface area contributed by atoms with E-state index in [0.29, 0.717) is 15.5 Å². The highest BCUT2D eigenvalue weighted by atomic mass is 35.5. The van der Waals surface area contributed by atoms with Crippen LogP contribution in [0.1, 0.15) is 5.56 Å². The summed E-state index contributed by atoms with van der Waals surface area (Å²) < 4.78 is 33.1. The van der Waals surface area contributed by atoms with E-state index in [-0.39, 0.29) is 12.3 Å². The second-order valence-corrected chi connectivity index (χ2v) is 5.75. The minimum absolute atomic E-state index is 0.188. The minimum atomic E-state index is -1.37. The molecule has 2 aromatic carbocycles. The van der Waals surface area contributed by atoms with E-state index in [1.165, 1.54) is 19.2 Å². The Balaban J connectivity index is 1.99. The highest BCUT2D eigenvalue weighted by Gasteiger charge is 2.06. The van der Waals surface area contributed by atoms with Crippen LogP contribution in [0.3, 0.4) is 0 Å². The molecule has 0 bridgehead atoms. The summed E-state index contributed by atoms with van der Waals surface area (Å²) in [5.41, 5.74) is 0.686. The molecule has 0 saturated carbocycles. The van der Waals surface area contributed by atoms with Gasteiger partial charge >= 0.3 is 0 Å². The topological polar surface area (TPSA) is 38.3 Å². The fraction of sp³-hybridized carbons (Fsp3) is 0.143. The lowest BCUT2D eigenvalue weighted by Gasteiger charge is -2.07. The Bertz CT molecular complexity index is 619. The lowest BCUT2D eigenvalue weighted by Crippen LogP contribution is -2.16. The number of hydrogen-bond donors (Lipinski definition) is 1. The molecule has 0 aromatic heterocycles. The van der Waals surface area contributed by atoms with Crippen LogP contribution >= 0.6 is 11.6 Å². The first kappa shape index (κ1) is 15.0. The van der Waals surface area contributed by atoms with Crippen molar-refractivity contribution in [1.29, 1.82) is 0 Å². The first-order valence-corrected chi connectivity index (χ1v) is 7.36. The van der Waals surface area contributed by atoms with Crippen LogP contribution in [0.25, 0.3) is 0 Å². The molecule has 3 nitrogen and oxygen atoms in total. The second-order valence-electron chi connectivity index (χ2n) is 4.01. The zero-order valence-corrected chi connectivity index (χ0v) is 12.3. The maximum atomic E-state index is 13.5. The van der Waals surface area contributed by atoms with Crippen molar-refractivity contribution in [1.82, 2.24) is 4.72 Å². The van der Waals surface area contributed by atoms with Gasteiger partial charge in [-0.1, -0.05) is 17.7 Å². The molecular weight excluding hydrogens is 301 g/mol. The molecule has 20 heavy (non-hydrogen) atoms. The van der Waals surface area contributed by atoms with Gasteiger partial charge in [0.2, 0.25) is 0 Å². The summed E-state index contributed by atoms with van der Waals surface area (Å²) in [6.07, 6.45) is 0. The summed E-state index contributed by atoms with van der Waals surface area (Å²) in [4.78, 5) is 0.614. The van der Waals surface area contributed by atoms with Crippen LogP contribution in [-0.4, -0.2) is 11.3 Å². The SMILES string of the molecule is COc1ccc(CNS(=O)c2ccc(Cl)cc2)cc1F. The molecule has 2 rings (SSSR count). The summed E-state index contributed by atoms with van der Waals surface area (Å²) in [5.74, 6) is -0.253. The lowest BCUT2D eigenvalue weighted by atomic mass is 10.2. The van der Waals surface area contributed by atoms with Crippen molar-refractivity contribution in [3.05, 3.63) is 58.9 Å². The molecular formula is C14H13ClFNO2S. The zero-order chi connectivity index (χ0) is 14.5. The highest BCUT2D eigenvalue weighted by molar-refractivity contribution is 7.83. The van der Waals surface area contributed by atoms with Gasteiger partial charge in [0, 0.05) is 11.6 Å². The van der Waals surface area contributed by atoms with E-state index >= 15 is 0 Å². The summed E-state index contributed by atoms with van der Waals surface area (Å²) in [6, 6.07) is 11.3. The van der Waals surface area contributed by atoms with Crippen LogP contribution in [0.4, 0.5) is 4.39 Å². The molecule has 6 heteroatoms. The average molecular weight is 314 g/mol. The van der Waals surface area contributed by atoms with E-state index in [1.807, 2.05) is 0 Å². The molecule has 0 heterocycles. The molecule has 0 spiro atoms. The van der Waals surface area contributed by atoms with Gasteiger partial charge in [-0.15, -0.1) is 0 Å². The van der Waals surface area contributed by atoms with Gasteiger partial charge in [-0.2, -0.15) is 0 Å². The van der Waals surface area contributed by atoms with Crippen LogP contribution in [0.5, 0.6) is 5.75 Å². The monoisotopic (exact) mass is 313 g/mol. The molecule has 0 amide bonds. The van der Waals surface area contributed by atoms with Gasteiger partial charge in [-0.05, 0) is 42.0 Å². The van der Waals surface area contributed by atoms with Gasteiger partial charge in [0.1, 0.15) is 11.0 Å². The normalized spacial score (nSPS) is 12.2. The molecule has 1 N–H and O–H groups in total. The minimum Gasteiger partial charge on any atom is -0.494 e.